The third-order valence-electron chi connectivity index (χ3n) is 2.54. The Morgan fingerprint density at radius 1 is 1.59 bits per heavy atom. The summed E-state index contributed by atoms with van der Waals surface area (Å²) in [5.74, 6) is 0.417. The summed E-state index contributed by atoms with van der Waals surface area (Å²) in [6, 6.07) is 4.84. The summed E-state index contributed by atoms with van der Waals surface area (Å²) in [4.78, 5) is 15.8. The Bertz CT molecular complexity index is 548. The van der Waals surface area contributed by atoms with E-state index in [1.807, 2.05) is 6.92 Å². The molecule has 0 spiro atoms. The number of nitrogens with zero attached hydrogens (tertiary/aromatic N) is 1. The number of amides is 1. The maximum Gasteiger partial charge on any atom is 0.241 e. The molecule has 3 N–H and O–H groups in total. The fourth-order valence-electron chi connectivity index (χ4n) is 1.54. The van der Waals surface area contributed by atoms with Crippen LogP contribution in [0.1, 0.15) is 19.2 Å². The highest BCUT2D eigenvalue weighted by molar-refractivity contribution is 5.96. The fraction of sp³-hybridized carbons (Fsp3) is 0.333. The molecule has 0 aliphatic rings. The van der Waals surface area contributed by atoms with Gasteiger partial charge in [0.2, 0.25) is 5.91 Å². The molecule has 5 heteroatoms. The van der Waals surface area contributed by atoms with Gasteiger partial charge in [-0.2, -0.15) is 0 Å². The number of carbonyl (C=O) groups excluding carboxylic acids is 1. The summed E-state index contributed by atoms with van der Waals surface area (Å²) in [5, 5.41) is 2.75. The third kappa shape index (κ3) is 2.45. The van der Waals surface area contributed by atoms with Crippen molar-refractivity contribution in [2.75, 3.05) is 5.32 Å². The van der Waals surface area contributed by atoms with Gasteiger partial charge in [0.25, 0.3) is 0 Å². The van der Waals surface area contributed by atoms with Crippen molar-refractivity contribution in [3.8, 4) is 0 Å². The number of aromatic nitrogens is 1. The number of hydrogen-bond acceptors (Lipinski definition) is 4. The van der Waals surface area contributed by atoms with Crippen molar-refractivity contribution in [3.63, 3.8) is 0 Å². The van der Waals surface area contributed by atoms with E-state index < -0.39 is 6.04 Å². The Balaban J connectivity index is 2.22. The van der Waals surface area contributed by atoms with Crippen LogP contribution in [0.3, 0.4) is 0 Å². The van der Waals surface area contributed by atoms with Crippen LogP contribution in [0, 0.1) is 6.92 Å². The summed E-state index contributed by atoms with van der Waals surface area (Å²) in [7, 11) is 0. The molecular weight excluding hydrogens is 218 g/mol. The van der Waals surface area contributed by atoms with Crippen molar-refractivity contribution >= 4 is 22.7 Å². The van der Waals surface area contributed by atoms with Gasteiger partial charge in [0.15, 0.2) is 11.5 Å². The van der Waals surface area contributed by atoms with Crippen molar-refractivity contribution in [1.29, 1.82) is 0 Å². The Morgan fingerprint density at radius 3 is 3.06 bits per heavy atom. The van der Waals surface area contributed by atoms with Gasteiger partial charge in [-0.15, -0.1) is 0 Å². The molecule has 5 nitrogen and oxygen atoms in total. The van der Waals surface area contributed by atoms with Gasteiger partial charge in [-0.05, 0) is 24.6 Å². The van der Waals surface area contributed by atoms with E-state index in [2.05, 4.69) is 10.3 Å². The Kier molecular flexibility index (Phi) is 3.10. The van der Waals surface area contributed by atoms with Crippen LogP contribution in [-0.4, -0.2) is 16.9 Å². The van der Waals surface area contributed by atoms with Crippen molar-refractivity contribution in [2.24, 2.45) is 5.73 Å². The number of benzene rings is 1. The van der Waals surface area contributed by atoms with Crippen LogP contribution in [0.5, 0.6) is 0 Å². The lowest BCUT2D eigenvalue weighted by molar-refractivity contribution is -0.117. The first-order chi connectivity index (χ1) is 8.10. The zero-order valence-electron chi connectivity index (χ0n) is 9.86. The molecule has 0 aliphatic carbocycles. The largest absolute Gasteiger partial charge is 0.441 e. The minimum absolute atomic E-state index is 0.188. The number of oxazole rings is 1. The number of rotatable bonds is 3. The predicted molar refractivity (Wildman–Crippen MR) is 65.6 cm³/mol. The average Bonchev–Trinajstić information content (AvgIpc) is 2.67. The highest BCUT2D eigenvalue weighted by Crippen LogP contribution is 2.19. The van der Waals surface area contributed by atoms with Gasteiger partial charge in [-0.3, -0.25) is 4.79 Å². The highest BCUT2D eigenvalue weighted by Gasteiger charge is 2.11. The van der Waals surface area contributed by atoms with Gasteiger partial charge in [-0.25, -0.2) is 4.98 Å². The first-order valence-electron chi connectivity index (χ1n) is 5.53. The van der Waals surface area contributed by atoms with E-state index in [1.165, 1.54) is 0 Å². The minimum Gasteiger partial charge on any atom is -0.441 e. The molecule has 90 valence electrons. The normalized spacial score (nSPS) is 12.6. The third-order valence-corrected chi connectivity index (χ3v) is 2.54. The first kappa shape index (κ1) is 11.6. The lowest BCUT2D eigenvalue weighted by atomic mass is 10.2. The second-order valence-corrected chi connectivity index (χ2v) is 3.92. The van der Waals surface area contributed by atoms with Crippen LogP contribution in [-0.2, 0) is 4.79 Å². The number of carbonyl (C=O) groups is 1. The average molecular weight is 233 g/mol. The molecule has 1 amide bonds. The molecular formula is C12H15N3O2. The van der Waals surface area contributed by atoms with Crippen LogP contribution in [0.2, 0.25) is 0 Å². The molecule has 0 radical (unpaired) electrons. The van der Waals surface area contributed by atoms with E-state index in [0.717, 1.165) is 5.52 Å². The fourth-order valence-corrected chi connectivity index (χ4v) is 1.54. The topological polar surface area (TPSA) is 81.2 Å². The monoisotopic (exact) mass is 233 g/mol. The van der Waals surface area contributed by atoms with Crippen LogP contribution < -0.4 is 11.1 Å². The van der Waals surface area contributed by atoms with E-state index in [1.54, 1.807) is 25.1 Å². The molecule has 17 heavy (non-hydrogen) atoms. The summed E-state index contributed by atoms with van der Waals surface area (Å²) in [6.45, 7) is 3.65. The number of aryl methyl sites for hydroxylation is 1. The number of anilines is 1. The molecule has 2 aromatic rings. The van der Waals surface area contributed by atoms with E-state index in [4.69, 9.17) is 10.2 Å². The maximum absolute atomic E-state index is 11.6. The Labute approximate surface area is 99.0 Å². The second kappa shape index (κ2) is 4.55. The number of nitrogens with one attached hydrogen (secondary N) is 1. The molecule has 1 atom stereocenters. The van der Waals surface area contributed by atoms with Crippen molar-refractivity contribution in [2.45, 2.75) is 26.3 Å². The summed E-state index contributed by atoms with van der Waals surface area (Å²) in [6.07, 6.45) is 0.608. The minimum atomic E-state index is -0.482. The molecule has 1 heterocycles. The Morgan fingerprint density at radius 2 is 2.35 bits per heavy atom. The van der Waals surface area contributed by atoms with Crippen molar-refractivity contribution in [3.05, 3.63) is 24.1 Å². The molecule has 2 rings (SSSR count). The van der Waals surface area contributed by atoms with Gasteiger partial charge >= 0.3 is 0 Å². The SMILES string of the molecule is CC[C@H](N)C(=O)Nc1ccc2oc(C)nc2c1. The van der Waals surface area contributed by atoms with E-state index in [-0.39, 0.29) is 5.91 Å². The van der Waals surface area contributed by atoms with Gasteiger partial charge < -0.3 is 15.5 Å². The molecule has 0 saturated carbocycles. The first-order valence-corrected chi connectivity index (χ1v) is 5.53. The van der Waals surface area contributed by atoms with E-state index in [0.29, 0.717) is 23.6 Å². The molecule has 0 aliphatic heterocycles. The summed E-state index contributed by atoms with van der Waals surface area (Å²) < 4.78 is 5.35. The predicted octanol–water partition coefficient (Wildman–Crippen LogP) is 1.81. The zero-order valence-corrected chi connectivity index (χ0v) is 9.86. The van der Waals surface area contributed by atoms with E-state index >= 15 is 0 Å². The van der Waals surface area contributed by atoms with Gasteiger partial charge in [0.05, 0.1) is 6.04 Å². The van der Waals surface area contributed by atoms with Crippen molar-refractivity contribution < 1.29 is 9.21 Å². The lowest BCUT2D eigenvalue weighted by Gasteiger charge is -2.09. The van der Waals surface area contributed by atoms with Gasteiger partial charge in [-0.1, -0.05) is 6.92 Å². The molecule has 1 aromatic carbocycles. The lowest BCUT2D eigenvalue weighted by Crippen LogP contribution is -2.34. The molecule has 0 saturated heterocycles. The van der Waals surface area contributed by atoms with E-state index in [9.17, 15) is 4.79 Å². The molecule has 1 aromatic heterocycles. The zero-order chi connectivity index (χ0) is 12.4. The standard InChI is InChI=1S/C12H15N3O2/c1-3-9(13)12(16)15-8-4-5-11-10(6-8)14-7(2)17-11/h4-6,9H,3,13H2,1-2H3,(H,15,16)/t9-/m0/s1. The van der Waals surface area contributed by atoms with Crippen LogP contribution >= 0.6 is 0 Å². The van der Waals surface area contributed by atoms with Gasteiger partial charge in [0, 0.05) is 12.6 Å². The number of fused-ring (bicyclic) bond motifs is 1. The van der Waals surface area contributed by atoms with Crippen LogP contribution in [0.25, 0.3) is 11.1 Å². The number of nitrogens with two attached hydrogens (primary N) is 1. The highest BCUT2D eigenvalue weighted by atomic mass is 16.3. The van der Waals surface area contributed by atoms with Crippen LogP contribution in [0.4, 0.5) is 5.69 Å². The molecule has 0 bridgehead atoms. The second-order valence-electron chi connectivity index (χ2n) is 3.92. The van der Waals surface area contributed by atoms with Gasteiger partial charge in [0.1, 0.15) is 5.52 Å². The molecule has 0 fully saturated rings. The quantitative estimate of drug-likeness (QED) is 0.847. The summed E-state index contributed by atoms with van der Waals surface area (Å²) >= 11 is 0. The van der Waals surface area contributed by atoms with Crippen molar-refractivity contribution in [1.82, 2.24) is 4.98 Å². The number of hydrogen-bond donors (Lipinski definition) is 2. The molecule has 0 unspecified atom stereocenters. The summed E-state index contributed by atoms with van der Waals surface area (Å²) in [5.41, 5.74) is 7.75. The maximum atomic E-state index is 11.6. The van der Waals surface area contributed by atoms with Crippen LogP contribution in [0.15, 0.2) is 22.6 Å². The Hall–Kier alpha value is -1.88. The smallest absolute Gasteiger partial charge is 0.241 e.